The van der Waals surface area contributed by atoms with Crippen molar-refractivity contribution in [2.75, 3.05) is 27.2 Å². The third-order valence-electron chi connectivity index (χ3n) is 7.68. The molecule has 0 amide bonds. The number of fused-ring (bicyclic) bond motifs is 1. The summed E-state index contributed by atoms with van der Waals surface area (Å²) in [6.07, 6.45) is 11.8. The molecule has 2 aromatic carbocycles. The van der Waals surface area contributed by atoms with E-state index in [2.05, 4.69) is 89.7 Å². The molecule has 1 saturated carbocycles. The van der Waals surface area contributed by atoms with Gasteiger partial charge in [-0.15, -0.1) is 24.8 Å². The van der Waals surface area contributed by atoms with Gasteiger partial charge in [-0.2, -0.15) is 0 Å². The van der Waals surface area contributed by atoms with E-state index in [1.54, 1.807) is 0 Å². The highest BCUT2D eigenvalue weighted by molar-refractivity contribution is 6.31. The van der Waals surface area contributed by atoms with Crippen molar-refractivity contribution in [3.8, 4) is 0 Å². The van der Waals surface area contributed by atoms with Crippen molar-refractivity contribution in [3.63, 3.8) is 0 Å². The second-order valence-electron chi connectivity index (χ2n) is 9.45. The maximum Gasteiger partial charge on any atom is 0.0458 e. The lowest BCUT2D eigenvalue weighted by molar-refractivity contribution is 0.0506. The molecule has 0 radical (unpaired) electrons. The minimum absolute atomic E-state index is 0. The molecule has 178 valence electrons. The number of aromatic amines is 1. The normalized spacial score (nSPS) is 25.6. The predicted octanol–water partition coefficient (Wildman–Crippen LogP) is 7.02. The summed E-state index contributed by atoms with van der Waals surface area (Å²) in [6, 6.07) is 17.9. The first kappa shape index (κ1) is 26.1. The third kappa shape index (κ3) is 4.99. The molecule has 1 aromatic heterocycles. The zero-order chi connectivity index (χ0) is 21.4. The number of nitrogens with one attached hydrogen (secondary N) is 1. The van der Waals surface area contributed by atoms with E-state index >= 15 is 0 Å². The summed E-state index contributed by atoms with van der Waals surface area (Å²) in [4.78, 5) is 8.59. The van der Waals surface area contributed by atoms with E-state index in [-0.39, 0.29) is 30.4 Å². The molecular weight excluding hydrogens is 473 g/mol. The highest BCUT2D eigenvalue weighted by Crippen LogP contribution is 2.43. The van der Waals surface area contributed by atoms with Crippen LogP contribution in [0.5, 0.6) is 0 Å². The van der Waals surface area contributed by atoms with Gasteiger partial charge in [-0.1, -0.05) is 54.1 Å². The number of halogens is 3. The quantitative estimate of drug-likeness (QED) is 0.384. The molecule has 33 heavy (non-hydrogen) atoms. The maximum absolute atomic E-state index is 6.29. The van der Waals surface area contributed by atoms with Gasteiger partial charge in [-0.25, -0.2) is 0 Å². The van der Waals surface area contributed by atoms with Crippen LogP contribution in [-0.2, 0) is 5.54 Å². The Morgan fingerprint density at radius 3 is 2.45 bits per heavy atom. The minimum Gasteiger partial charge on any atom is -0.361 e. The zero-order valence-electron chi connectivity index (χ0n) is 19.3. The molecule has 1 unspecified atom stereocenters. The van der Waals surface area contributed by atoms with Gasteiger partial charge in [0.05, 0.1) is 0 Å². The monoisotopic (exact) mass is 505 g/mol. The van der Waals surface area contributed by atoms with Crippen LogP contribution in [0.25, 0.3) is 10.9 Å². The topological polar surface area (TPSA) is 22.3 Å². The van der Waals surface area contributed by atoms with Crippen LogP contribution in [0.15, 0.2) is 66.9 Å². The summed E-state index contributed by atoms with van der Waals surface area (Å²) in [5.74, 6) is 0.413. The Morgan fingerprint density at radius 1 is 1.03 bits per heavy atom. The molecule has 2 aliphatic rings. The molecule has 1 N–H and O–H groups in total. The van der Waals surface area contributed by atoms with E-state index in [1.807, 2.05) is 6.07 Å². The Hall–Kier alpha value is -1.49. The Kier molecular flexibility index (Phi) is 8.58. The van der Waals surface area contributed by atoms with Crippen molar-refractivity contribution in [3.05, 3.63) is 83.0 Å². The van der Waals surface area contributed by atoms with E-state index < -0.39 is 0 Å². The van der Waals surface area contributed by atoms with Crippen LogP contribution in [0.2, 0.25) is 5.02 Å². The van der Waals surface area contributed by atoms with Gasteiger partial charge in [0, 0.05) is 52.7 Å². The largest absolute Gasteiger partial charge is 0.361 e. The first-order valence-electron chi connectivity index (χ1n) is 11.5. The van der Waals surface area contributed by atoms with Gasteiger partial charge in [0.1, 0.15) is 0 Å². The van der Waals surface area contributed by atoms with Crippen LogP contribution >= 0.6 is 36.4 Å². The summed E-state index contributed by atoms with van der Waals surface area (Å²) in [7, 11) is 4.49. The van der Waals surface area contributed by atoms with Gasteiger partial charge in [-0.3, -0.25) is 9.80 Å². The lowest BCUT2D eigenvalue weighted by Crippen LogP contribution is -2.49. The fraction of sp³-hybridized carbons (Fsp3) is 0.407. The average molecular weight is 507 g/mol. The summed E-state index contributed by atoms with van der Waals surface area (Å²) < 4.78 is 0. The van der Waals surface area contributed by atoms with Crippen LogP contribution in [0.4, 0.5) is 0 Å². The number of H-pyrrole nitrogens is 1. The number of benzene rings is 2. The summed E-state index contributed by atoms with van der Waals surface area (Å²) in [5, 5.41) is 2.06. The summed E-state index contributed by atoms with van der Waals surface area (Å²) >= 11 is 6.29. The van der Waals surface area contributed by atoms with Gasteiger partial charge in [-0.05, 0) is 69.1 Å². The van der Waals surface area contributed by atoms with E-state index in [1.165, 1.54) is 47.7 Å². The molecule has 1 atom stereocenters. The predicted molar refractivity (Wildman–Crippen MR) is 145 cm³/mol. The standard InChI is InChI=1S/C27H32ClN3.2ClH/c1-30(2)27(21-8-4-3-5-9-21)14-12-23(13-15-27)31-16-6-7-20(19-31)25-18-29-26-11-10-22(28)17-24(25)26;;/h3-11,17-18,20,23,29H,12-16,19H2,1-2H3;2*1H. The second-order valence-corrected chi connectivity index (χ2v) is 9.88. The zero-order valence-corrected chi connectivity index (χ0v) is 21.7. The number of hydrogen-bond donors (Lipinski definition) is 1. The lowest BCUT2D eigenvalue weighted by atomic mass is 9.73. The van der Waals surface area contributed by atoms with Crippen LogP contribution < -0.4 is 0 Å². The third-order valence-corrected chi connectivity index (χ3v) is 7.92. The molecule has 5 rings (SSSR count). The molecule has 0 saturated heterocycles. The van der Waals surface area contributed by atoms with Gasteiger partial charge in [0.25, 0.3) is 0 Å². The van der Waals surface area contributed by atoms with Gasteiger partial charge >= 0.3 is 0 Å². The molecule has 3 nitrogen and oxygen atoms in total. The first-order chi connectivity index (χ1) is 15.1. The van der Waals surface area contributed by atoms with Crippen molar-refractivity contribution in [1.29, 1.82) is 0 Å². The second kappa shape index (κ2) is 10.8. The van der Waals surface area contributed by atoms with Crippen LogP contribution in [0.3, 0.4) is 0 Å². The van der Waals surface area contributed by atoms with E-state index in [4.69, 9.17) is 11.6 Å². The van der Waals surface area contributed by atoms with Gasteiger partial charge in [0.2, 0.25) is 0 Å². The SMILES string of the molecule is CN(C)C1(c2ccccc2)CCC(N2CC=CC(c3c[nH]c4ccc(Cl)cc34)C2)CC1.Cl.Cl. The van der Waals surface area contributed by atoms with Crippen LogP contribution in [0.1, 0.15) is 42.7 Å². The Labute approximate surface area is 215 Å². The minimum atomic E-state index is 0. The lowest BCUT2D eigenvalue weighted by Gasteiger charge is -2.48. The Bertz CT molecular complexity index is 1070. The number of hydrogen-bond acceptors (Lipinski definition) is 2. The van der Waals surface area contributed by atoms with E-state index in [0.29, 0.717) is 12.0 Å². The summed E-state index contributed by atoms with van der Waals surface area (Å²) in [6.45, 7) is 2.14. The number of nitrogens with zero attached hydrogens (tertiary/aromatic N) is 2. The molecule has 6 heteroatoms. The highest BCUT2D eigenvalue weighted by atomic mass is 35.5. The fourth-order valence-electron chi connectivity index (χ4n) is 5.86. The summed E-state index contributed by atoms with van der Waals surface area (Å²) in [5.41, 5.74) is 4.16. The van der Waals surface area contributed by atoms with Crippen molar-refractivity contribution in [1.82, 2.24) is 14.8 Å². The van der Waals surface area contributed by atoms with Gasteiger partial charge < -0.3 is 4.98 Å². The van der Waals surface area contributed by atoms with E-state index in [0.717, 1.165) is 18.1 Å². The smallest absolute Gasteiger partial charge is 0.0458 e. The van der Waals surface area contributed by atoms with Crippen molar-refractivity contribution in [2.24, 2.45) is 0 Å². The molecule has 3 aromatic rings. The molecule has 1 fully saturated rings. The van der Waals surface area contributed by atoms with Gasteiger partial charge in [0.15, 0.2) is 0 Å². The highest BCUT2D eigenvalue weighted by Gasteiger charge is 2.40. The maximum atomic E-state index is 6.29. The number of aromatic nitrogens is 1. The average Bonchev–Trinajstić information content (AvgIpc) is 3.23. The first-order valence-corrected chi connectivity index (χ1v) is 11.8. The molecule has 2 heterocycles. The van der Waals surface area contributed by atoms with Crippen LogP contribution in [-0.4, -0.2) is 48.0 Å². The number of rotatable bonds is 4. The van der Waals surface area contributed by atoms with Crippen molar-refractivity contribution in [2.45, 2.75) is 43.2 Å². The fourth-order valence-corrected chi connectivity index (χ4v) is 6.03. The molecule has 0 spiro atoms. The molecule has 1 aliphatic heterocycles. The Balaban J connectivity index is 0.00000153. The Morgan fingerprint density at radius 2 is 1.76 bits per heavy atom. The van der Waals surface area contributed by atoms with Crippen LogP contribution in [0, 0.1) is 0 Å². The molecule has 0 bridgehead atoms. The van der Waals surface area contributed by atoms with Crippen molar-refractivity contribution >= 4 is 47.3 Å². The molecule has 1 aliphatic carbocycles. The van der Waals surface area contributed by atoms with Crippen molar-refractivity contribution < 1.29 is 0 Å². The van der Waals surface area contributed by atoms with E-state index in [9.17, 15) is 0 Å². The molecular formula is C27H34Cl3N3.